The van der Waals surface area contributed by atoms with Gasteiger partial charge in [-0.1, -0.05) is 48.5 Å². The van der Waals surface area contributed by atoms with Gasteiger partial charge >= 0.3 is 0 Å². The molecule has 1 aromatic heterocycles. The molecule has 0 radical (unpaired) electrons. The highest BCUT2D eigenvalue weighted by molar-refractivity contribution is 6.46. The molecule has 200 valence electrons. The fourth-order valence-electron chi connectivity index (χ4n) is 5.32. The summed E-state index contributed by atoms with van der Waals surface area (Å²) in [5.41, 5.74) is 3.92. The number of hydrogen-bond acceptors (Lipinski definition) is 6. The van der Waals surface area contributed by atoms with Crippen molar-refractivity contribution in [2.24, 2.45) is 0 Å². The summed E-state index contributed by atoms with van der Waals surface area (Å²) in [7, 11) is 0. The Hall–Kier alpha value is -4.91. The second-order valence-corrected chi connectivity index (χ2v) is 10.1. The van der Waals surface area contributed by atoms with Crippen LogP contribution in [0.4, 0.5) is 0 Å². The predicted molar refractivity (Wildman–Crippen MR) is 150 cm³/mol. The summed E-state index contributed by atoms with van der Waals surface area (Å²) in [5, 5.41) is 11.5. The van der Waals surface area contributed by atoms with Crippen molar-refractivity contribution >= 4 is 17.4 Å². The highest BCUT2D eigenvalue weighted by Crippen LogP contribution is 2.42. The van der Waals surface area contributed by atoms with E-state index in [0.29, 0.717) is 29.9 Å². The Morgan fingerprint density at radius 2 is 1.82 bits per heavy atom. The molecule has 7 heteroatoms. The maximum atomic E-state index is 13.5. The van der Waals surface area contributed by atoms with Crippen molar-refractivity contribution in [3.8, 4) is 11.5 Å². The van der Waals surface area contributed by atoms with Gasteiger partial charge in [0, 0.05) is 30.9 Å². The largest absolute Gasteiger partial charge is 0.507 e. The Bertz CT molecular complexity index is 1600. The van der Waals surface area contributed by atoms with E-state index in [4.69, 9.17) is 9.47 Å². The summed E-state index contributed by atoms with van der Waals surface area (Å²) in [6, 6.07) is 25.3. The molecule has 2 unspecified atom stereocenters. The first-order valence-corrected chi connectivity index (χ1v) is 13.2. The summed E-state index contributed by atoms with van der Waals surface area (Å²) in [4.78, 5) is 32.6. The zero-order chi connectivity index (χ0) is 27.6. The van der Waals surface area contributed by atoms with Crippen LogP contribution in [-0.2, 0) is 29.2 Å². The van der Waals surface area contributed by atoms with Gasteiger partial charge in [0.25, 0.3) is 11.7 Å². The summed E-state index contributed by atoms with van der Waals surface area (Å²) >= 11 is 0. The number of ketones is 1. The van der Waals surface area contributed by atoms with Crippen LogP contribution in [0, 0.1) is 0 Å². The van der Waals surface area contributed by atoms with Crippen LogP contribution in [0.2, 0.25) is 0 Å². The van der Waals surface area contributed by atoms with Gasteiger partial charge in [-0.15, -0.1) is 0 Å². The van der Waals surface area contributed by atoms with Gasteiger partial charge in [0.1, 0.15) is 30.0 Å². The van der Waals surface area contributed by atoms with Gasteiger partial charge in [-0.05, 0) is 65.6 Å². The van der Waals surface area contributed by atoms with E-state index >= 15 is 0 Å². The smallest absolute Gasteiger partial charge is 0.295 e. The molecule has 3 heterocycles. The number of fused-ring (bicyclic) bond motifs is 1. The van der Waals surface area contributed by atoms with E-state index in [1.807, 2.05) is 73.7 Å². The average Bonchev–Trinajstić information content (AvgIpc) is 3.48. The molecule has 40 heavy (non-hydrogen) atoms. The molecular weight excluding hydrogens is 504 g/mol. The van der Waals surface area contributed by atoms with Crippen LogP contribution in [-0.4, -0.2) is 32.8 Å². The molecule has 0 spiro atoms. The second kappa shape index (κ2) is 10.7. The highest BCUT2D eigenvalue weighted by atomic mass is 16.5. The van der Waals surface area contributed by atoms with Crippen molar-refractivity contribution in [3.05, 3.63) is 131 Å². The molecule has 6 rings (SSSR count). The first-order valence-electron chi connectivity index (χ1n) is 13.2. The molecule has 1 amide bonds. The fourth-order valence-corrected chi connectivity index (χ4v) is 5.32. The predicted octanol–water partition coefficient (Wildman–Crippen LogP) is 5.61. The number of aromatic nitrogens is 1. The lowest BCUT2D eigenvalue weighted by molar-refractivity contribution is -0.140. The minimum absolute atomic E-state index is 0.0380. The number of benzene rings is 3. The van der Waals surface area contributed by atoms with E-state index in [1.165, 1.54) is 4.90 Å². The number of aliphatic hydroxyl groups excluding tert-OH is 1. The molecule has 0 saturated carbocycles. The van der Waals surface area contributed by atoms with Crippen LogP contribution in [0.1, 0.15) is 40.8 Å². The average molecular weight is 533 g/mol. The molecule has 2 aliphatic heterocycles. The van der Waals surface area contributed by atoms with E-state index in [2.05, 4.69) is 4.98 Å². The molecule has 7 nitrogen and oxygen atoms in total. The Morgan fingerprint density at radius 1 is 1.00 bits per heavy atom. The number of carbonyl (C=O) groups is 2. The highest BCUT2D eigenvalue weighted by Gasteiger charge is 2.46. The van der Waals surface area contributed by atoms with Gasteiger partial charge in [-0.2, -0.15) is 0 Å². The Labute approximate surface area is 232 Å². The van der Waals surface area contributed by atoms with E-state index in [0.717, 1.165) is 22.4 Å². The van der Waals surface area contributed by atoms with Gasteiger partial charge < -0.3 is 19.5 Å². The Balaban J connectivity index is 1.41. The van der Waals surface area contributed by atoms with E-state index < -0.39 is 17.7 Å². The summed E-state index contributed by atoms with van der Waals surface area (Å²) in [6.45, 7) is 2.51. The number of aliphatic hydroxyl groups is 1. The van der Waals surface area contributed by atoms with E-state index in [-0.39, 0.29) is 24.0 Å². The molecule has 0 aliphatic carbocycles. The number of pyridine rings is 1. The molecule has 4 aromatic rings. The summed E-state index contributed by atoms with van der Waals surface area (Å²) in [5.74, 6) is -0.260. The number of amides is 1. The number of hydrogen-bond donors (Lipinski definition) is 1. The maximum Gasteiger partial charge on any atom is 0.295 e. The minimum Gasteiger partial charge on any atom is -0.507 e. The van der Waals surface area contributed by atoms with Crippen LogP contribution in [0.25, 0.3) is 5.76 Å². The molecule has 3 aromatic carbocycles. The first kappa shape index (κ1) is 25.4. The van der Waals surface area contributed by atoms with Crippen molar-refractivity contribution in [2.75, 3.05) is 0 Å². The number of Topliss-reactive ketones (excluding diaryl/α,β-unsaturated/α-hetero) is 1. The standard InChI is InChI=1S/C33H28N2O5/c1-21-15-26-16-25(12-13-28(26)40-21)31(36)29-30(35(33(38)32(29)37)19-23-9-6-14-34-18-23)24-10-5-11-27(17-24)39-20-22-7-3-2-4-8-22/h2-14,16-18,21,30,36H,15,19-20H2,1H3/b31-29+. The van der Waals surface area contributed by atoms with Crippen LogP contribution in [0.15, 0.2) is 103 Å². The molecule has 0 bridgehead atoms. The third-order valence-corrected chi connectivity index (χ3v) is 7.21. The van der Waals surface area contributed by atoms with E-state index in [9.17, 15) is 14.7 Å². The van der Waals surface area contributed by atoms with Crippen LogP contribution in [0.5, 0.6) is 11.5 Å². The number of nitrogens with zero attached hydrogens (tertiary/aromatic N) is 2. The van der Waals surface area contributed by atoms with Crippen LogP contribution < -0.4 is 9.47 Å². The lowest BCUT2D eigenvalue weighted by atomic mass is 9.94. The number of carbonyl (C=O) groups excluding carboxylic acids is 2. The van der Waals surface area contributed by atoms with Gasteiger partial charge in [0.15, 0.2) is 0 Å². The lowest BCUT2D eigenvalue weighted by Crippen LogP contribution is -2.29. The molecular formula is C33H28N2O5. The fraction of sp³-hybridized carbons (Fsp3) is 0.182. The molecule has 1 N–H and O–H groups in total. The molecule has 2 aliphatic rings. The van der Waals surface area contributed by atoms with Crippen molar-refractivity contribution < 1.29 is 24.2 Å². The first-order chi connectivity index (χ1) is 19.5. The monoisotopic (exact) mass is 532 g/mol. The number of rotatable bonds is 7. The zero-order valence-electron chi connectivity index (χ0n) is 22.0. The second-order valence-electron chi connectivity index (χ2n) is 10.1. The summed E-state index contributed by atoms with van der Waals surface area (Å²) in [6.07, 6.45) is 4.06. The molecule has 1 saturated heterocycles. The maximum absolute atomic E-state index is 13.5. The van der Waals surface area contributed by atoms with Crippen molar-refractivity contribution in [3.63, 3.8) is 0 Å². The number of ether oxygens (including phenoxy) is 2. The van der Waals surface area contributed by atoms with Crippen molar-refractivity contribution in [1.82, 2.24) is 9.88 Å². The van der Waals surface area contributed by atoms with Crippen LogP contribution in [0.3, 0.4) is 0 Å². The van der Waals surface area contributed by atoms with Gasteiger partial charge in [0.2, 0.25) is 0 Å². The van der Waals surface area contributed by atoms with Crippen LogP contribution >= 0.6 is 0 Å². The lowest BCUT2D eigenvalue weighted by Gasteiger charge is -2.25. The SMILES string of the molecule is CC1Cc2cc(/C(O)=C3\C(=O)C(=O)N(Cc4cccnc4)C3c3cccc(OCc4ccccc4)c3)ccc2O1. The Kier molecular flexibility index (Phi) is 6.78. The third kappa shape index (κ3) is 4.94. The quantitative estimate of drug-likeness (QED) is 0.189. The Morgan fingerprint density at radius 3 is 2.62 bits per heavy atom. The van der Waals surface area contributed by atoms with Gasteiger partial charge in [-0.3, -0.25) is 14.6 Å². The van der Waals surface area contributed by atoms with E-state index in [1.54, 1.807) is 30.6 Å². The van der Waals surface area contributed by atoms with Gasteiger partial charge in [-0.25, -0.2) is 0 Å². The normalized spacial score (nSPS) is 19.4. The van der Waals surface area contributed by atoms with Crippen molar-refractivity contribution in [2.45, 2.75) is 38.6 Å². The van der Waals surface area contributed by atoms with Crippen molar-refractivity contribution in [1.29, 1.82) is 0 Å². The molecule has 1 fully saturated rings. The zero-order valence-corrected chi connectivity index (χ0v) is 22.0. The molecule has 2 atom stereocenters. The number of likely N-dealkylation sites (tertiary alicyclic amines) is 1. The van der Waals surface area contributed by atoms with Gasteiger partial charge in [0.05, 0.1) is 11.6 Å². The topological polar surface area (TPSA) is 89.0 Å². The summed E-state index contributed by atoms with van der Waals surface area (Å²) < 4.78 is 11.8. The third-order valence-electron chi connectivity index (χ3n) is 7.21. The minimum atomic E-state index is -0.816.